The Morgan fingerprint density at radius 3 is 2.84 bits per heavy atom. The molecular weight excluding hydrogens is 338 g/mol. The Morgan fingerprint density at radius 2 is 2.08 bits per heavy atom. The molecule has 0 saturated carbocycles. The molecule has 2 aromatic carbocycles. The standard InChI is InChI=1S/C19H18ClN3O2/c1-25-15-5-2-12(3-6-15)10-23-11-13(8-18(23)24)19-21-16-7-4-14(20)9-17(16)22-19/h2-7,9,13H,8,10-11H2,1H3,(H,21,22)/t13-/m1/s1. The zero-order chi connectivity index (χ0) is 17.4. The highest BCUT2D eigenvalue weighted by Gasteiger charge is 2.32. The summed E-state index contributed by atoms with van der Waals surface area (Å²) >= 11 is 6.03. The van der Waals surface area contributed by atoms with E-state index in [1.165, 1.54) is 0 Å². The fraction of sp³-hybridized carbons (Fsp3) is 0.263. The van der Waals surface area contributed by atoms with Gasteiger partial charge in [0.1, 0.15) is 11.6 Å². The number of nitrogens with zero attached hydrogens (tertiary/aromatic N) is 2. The van der Waals surface area contributed by atoms with Crippen LogP contribution in [0.25, 0.3) is 11.0 Å². The molecule has 5 nitrogen and oxygen atoms in total. The minimum Gasteiger partial charge on any atom is -0.497 e. The third-order valence-electron chi connectivity index (χ3n) is 4.60. The normalized spacial score (nSPS) is 17.4. The van der Waals surface area contributed by atoms with Gasteiger partial charge in [-0.05, 0) is 35.9 Å². The largest absolute Gasteiger partial charge is 0.497 e. The highest BCUT2D eigenvalue weighted by Crippen LogP contribution is 2.29. The van der Waals surface area contributed by atoms with Crippen molar-refractivity contribution < 1.29 is 9.53 Å². The summed E-state index contributed by atoms with van der Waals surface area (Å²) in [7, 11) is 1.64. The average molecular weight is 356 g/mol. The lowest BCUT2D eigenvalue weighted by atomic mass is 10.1. The summed E-state index contributed by atoms with van der Waals surface area (Å²) in [6.45, 7) is 1.27. The molecule has 1 atom stereocenters. The Labute approximate surface area is 150 Å². The minimum atomic E-state index is 0.0805. The topological polar surface area (TPSA) is 58.2 Å². The summed E-state index contributed by atoms with van der Waals surface area (Å²) in [5.74, 6) is 1.90. The maximum atomic E-state index is 12.4. The number of H-pyrrole nitrogens is 1. The second-order valence-corrected chi connectivity index (χ2v) is 6.74. The highest BCUT2D eigenvalue weighted by atomic mass is 35.5. The smallest absolute Gasteiger partial charge is 0.223 e. The molecule has 1 aliphatic rings. The molecule has 1 amide bonds. The number of hydrogen-bond donors (Lipinski definition) is 1. The van der Waals surface area contributed by atoms with Crippen LogP contribution in [0.1, 0.15) is 23.7 Å². The summed E-state index contributed by atoms with van der Waals surface area (Å²) in [6.07, 6.45) is 0.476. The van der Waals surface area contributed by atoms with E-state index in [0.717, 1.165) is 28.2 Å². The van der Waals surface area contributed by atoms with Crippen LogP contribution in [0, 0.1) is 0 Å². The van der Waals surface area contributed by atoms with Crippen LogP contribution in [0.3, 0.4) is 0 Å². The second-order valence-electron chi connectivity index (χ2n) is 6.31. The second kappa shape index (κ2) is 6.41. The number of rotatable bonds is 4. The van der Waals surface area contributed by atoms with Crippen molar-refractivity contribution in [3.8, 4) is 5.75 Å². The first-order valence-corrected chi connectivity index (χ1v) is 8.56. The number of imidazole rings is 1. The minimum absolute atomic E-state index is 0.0805. The van der Waals surface area contributed by atoms with Gasteiger partial charge < -0.3 is 14.6 Å². The van der Waals surface area contributed by atoms with E-state index in [9.17, 15) is 4.79 Å². The quantitative estimate of drug-likeness (QED) is 0.775. The van der Waals surface area contributed by atoms with Crippen LogP contribution in [0.15, 0.2) is 42.5 Å². The number of benzene rings is 2. The lowest BCUT2D eigenvalue weighted by molar-refractivity contribution is -0.128. The number of nitrogens with one attached hydrogen (secondary N) is 1. The van der Waals surface area contributed by atoms with Crippen LogP contribution in [-0.4, -0.2) is 34.4 Å². The molecule has 1 aromatic heterocycles. The number of carbonyl (C=O) groups excluding carboxylic acids is 1. The molecule has 6 heteroatoms. The number of carbonyl (C=O) groups is 1. The van der Waals surface area contributed by atoms with E-state index in [1.54, 1.807) is 7.11 Å². The van der Waals surface area contributed by atoms with Crippen molar-refractivity contribution in [2.24, 2.45) is 0 Å². The lowest BCUT2D eigenvalue weighted by Crippen LogP contribution is -2.24. The molecule has 1 aliphatic heterocycles. The SMILES string of the molecule is COc1ccc(CN2C[C@H](c3nc4ccc(Cl)cc4[nH]3)CC2=O)cc1. The highest BCUT2D eigenvalue weighted by molar-refractivity contribution is 6.31. The van der Waals surface area contributed by atoms with E-state index < -0.39 is 0 Å². The molecular formula is C19H18ClN3O2. The number of hydrogen-bond acceptors (Lipinski definition) is 3. The Balaban J connectivity index is 1.50. The number of methoxy groups -OCH3 is 1. The van der Waals surface area contributed by atoms with E-state index in [2.05, 4.69) is 9.97 Å². The maximum absolute atomic E-state index is 12.4. The third kappa shape index (κ3) is 3.20. The molecule has 0 radical (unpaired) electrons. The van der Waals surface area contributed by atoms with E-state index in [1.807, 2.05) is 47.4 Å². The van der Waals surface area contributed by atoms with Crippen LogP contribution in [-0.2, 0) is 11.3 Å². The van der Waals surface area contributed by atoms with Crippen LogP contribution < -0.4 is 4.74 Å². The summed E-state index contributed by atoms with van der Waals surface area (Å²) in [5.41, 5.74) is 2.87. The lowest BCUT2D eigenvalue weighted by Gasteiger charge is -2.16. The van der Waals surface area contributed by atoms with Gasteiger partial charge >= 0.3 is 0 Å². The first-order chi connectivity index (χ1) is 12.1. The van der Waals surface area contributed by atoms with Crippen molar-refractivity contribution in [3.05, 3.63) is 58.9 Å². The van der Waals surface area contributed by atoms with Crippen LogP contribution in [0.4, 0.5) is 0 Å². The Hall–Kier alpha value is -2.53. The monoisotopic (exact) mass is 355 g/mol. The number of aromatic nitrogens is 2. The first kappa shape index (κ1) is 16.0. The zero-order valence-electron chi connectivity index (χ0n) is 13.8. The molecule has 1 fully saturated rings. The Kier molecular flexibility index (Phi) is 4.09. The molecule has 3 aromatic rings. The number of aromatic amines is 1. The van der Waals surface area contributed by atoms with Gasteiger partial charge in [-0.1, -0.05) is 23.7 Å². The molecule has 1 saturated heterocycles. The predicted octanol–water partition coefficient (Wildman–Crippen LogP) is 3.74. The van der Waals surface area contributed by atoms with E-state index >= 15 is 0 Å². The summed E-state index contributed by atoms with van der Waals surface area (Å²) < 4.78 is 5.17. The Bertz CT molecular complexity index is 920. The van der Waals surface area contributed by atoms with E-state index in [0.29, 0.717) is 24.5 Å². The third-order valence-corrected chi connectivity index (χ3v) is 4.83. The van der Waals surface area contributed by atoms with Crippen molar-refractivity contribution in [1.29, 1.82) is 0 Å². The molecule has 4 rings (SSSR count). The number of fused-ring (bicyclic) bond motifs is 1. The van der Waals surface area contributed by atoms with Crippen molar-refractivity contribution in [1.82, 2.24) is 14.9 Å². The zero-order valence-corrected chi connectivity index (χ0v) is 14.6. The average Bonchev–Trinajstić information content (AvgIpc) is 3.19. The van der Waals surface area contributed by atoms with E-state index in [-0.39, 0.29) is 11.8 Å². The van der Waals surface area contributed by atoms with Gasteiger partial charge in [0.05, 0.1) is 18.1 Å². The molecule has 0 bridgehead atoms. The van der Waals surface area contributed by atoms with Crippen LogP contribution >= 0.6 is 11.6 Å². The number of halogens is 1. The summed E-state index contributed by atoms with van der Waals surface area (Å²) in [5, 5.41) is 0.673. The molecule has 2 heterocycles. The van der Waals surface area contributed by atoms with Gasteiger partial charge in [-0.3, -0.25) is 4.79 Å². The van der Waals surface area contributed by atoms with Gasteiger partial charge in [-0.25, -0.2) is 4.98 Å². The van der Waals surface area contributed by atoms with E-state index in [4.69, 9.17) is 16.3 Å². The molecule has 0 aliphatic carbocycles. The summed E-state index contributed by atoms with van der Waals surface area (Å²) in [6, 6.07) is 13.4. The van der Waals surface area contributed by atoms with Gasteiger partial charge in [0.15, 0.2) is 0 Å². The van der Waals surface area contributed by atoms with Crippen molar-refractivity contribution in [2.75, 3.05) is 13.7 Å². The first-order valence-electron chi connectivity index (χ1n) is 8.18. The fourth-order valence-electron chi connectivity index (χ4n) is 3.25. The molecule has 0 spiro atoms. The van der Waals surface area contributed by atoms with Gasteiger partial charge in [0.2, 0.25) is 5.91 Å². The maximum Gasteiger partial charge on any atom is 0.223 e. The summed E-state index contributed by atoms with van der Waals surface area (Å²) in [4.78, 5) is 22.2. The predicted molar refractivity (Wildman–Crippen MR) is 96.9 cm³/mol. The van der Waals surface area contributed by atoms with Gasteiger partial charge in [0.25, 0.3) is 0 Å². The number of ether oxygens (including phenoxy) is 1. The molecule has 0 unspecified atom stereocenters. The van der Waals surface area contributed by atoms with Gasteiger partial charge in [-0.15, -0.1) is 0 Å². The molecule has 1 N–H and O–H groups in total. The van der Waals surface area contributed by atoms with Gasteiger partial charge in [0, 0.05) is 30.5 Å². The number of amides is 1. The van der Waals surface area contributed by atoms with Crippen molar-refractivity contribution >= 4 is 28.5 Å². The Morgan fingerprint density at radius 1 is 1.28 bits per heavy atom. The van der Waals surface area contributed by atoms with Gasteiger partial charge in [-0.2, -0.15) is 0 Å². The van der Waals surface area contributed by atoms with Crippen LogP contribution in [0.5, 0.6) is 5.75 Å². The molecule has 25 heavy (non-hydrogen) atoms. The number of likely N-dealkylation sites (tertiary alicyclic amines) is 1. The van der Waals surface area contributed by atoms with Crippen molar-refractivity contribution in [2.45, 2.75) is 18.9 Å². The van der Waals surface area contributed by atoms with Crippen molar-refractivity contribution in [3.63, 3.8) is 0 Å². The van der Waals surface area contributed by atoms with Crippen LogP contribution in [0.2, 0.25) is 5.02 Å². The fourth-order valence-corrected chi connectivity index (χ4v) is 3.43. The molecule has 128 valence electrons.